The van der Waals surface area contributed by atoms with Crippen LogP contribution in [-0.4, -0.2) is 41.8 Å². The largest absolute Gasteiger partial charge is 0.354 e. The zero-order valence-electron chi connectivity index (χ0n) is 23.2. The van der Waals surface area contributed by atoms with Gasteiger partial charge in [0, 0.05) is 48.4 Å². The Bertz CT molecular complexity index is 1530. The molecule has 1 aliphatic rings. The van der Waals surface area contributed by atoms with Gasteiger partial charge in [0.05, 0.1) is 5.69 Å². The lowest BCUT2D eigenvalue weighted by Crippen LogP contribution is -2.50. The lowest BCUT2D eigenvalue weighted by molar-refractivity contribution is -0.141. The standard InChI is InChI=1S/C34H34ClN3O3/c1-2-20-36-33(40)30(22-24-9-4-3-5-10-24)38(23-25-16-18-27(35)19-17-25)31(39)15-8-21-37-29-14-7-12-26-11-6-13-28(32(26)29)34(37)41/h3-7,9-14,16-19,30H,2,8,15,20-23H2,1H3,(H,36,40). The molecular weight excluding hydrogens is 534 g/mol. The summed E-state index contributed by atoms with van der Waals surface area (Å²) in [5, 5.41) is 5.61. The van der Waals surface area contributed by atoms with E-state index in [4.69, 9.17) is 11.6 Å². The highest BCUT2D eigenvalue weighted by molar-refractivity contribution is 6.30. The molecule has 3 amide bonds. The first-order valence-corrected chi connectivity index (χ1v) is 14.5. The molecule has 0 bridgehead atoms. The number of nitrogens with zero attached hydrogens (tertiary/aromatic N) is 2. The normalized spacial score (nSPS) is 12.9. The van der Waals surface area contributed by atoms with Crippen molar-refractivity contribution in [2.75, 3.05) is 18.0 Å². The Balaban J connectivity index is 1.36. The summed E-state index contributed by atoms with van der Waals surface area (Å²) in [5.74, 6) is -0.340. The summed E-state index contributed by atoms with van der Waals surface area (Å²) in [6.07, 6.45) is 1.88. The molecule has 1 unspecified atom stereocenters. The van der Waals surface area contributed by atoms with Crippen LogP contribution in [0.4, 0.5) is 5.69 Å². The quantitative estimate of drug-likeness (QED) is 0.215. The highest BCUT2D eigenvalue weighted by atomic mass is 35.5. The zero-order valence-corrected chi connectivity index (χ0v) is 23.9. The molecule has 0 spiro atoms. The van der Waals surface area contributed by atoms with Crippen LogP contribution in [0.2, 0.25) is 5.02 Å². The molecule has 0 aliphatic carbocycles. The third-order valence-corrected chi connectivity index (χ3v) is 7.76. The molecule has 5 rings (SSSR count). The Morgan fingerprint density at radius 3 is 2.37 bits per heavy atom. The predicted octanol–water partition coefficient (Wildman–Crippen LogP) is 6.40. The molecule has 0 saturated carbocycles. The van der Waals surface area contributed by atoms with Crippen molar-refractivity contribution in [3.05, 3.63) is 113 Å². The maximum absolute atomic E-state index is 13.9. The van der Waals surface area contributed by atoms with Crippen LogP contribution in [0.5, 0.6) is 0 Å². The minimum Gasteiger partial charge on any atom is -0.354 e. The third-order valence-electron chi connectivity index (χ3n) is 7.51. The van der Waals surface area contributed by atoms with Crippen molar-refractivity contribution in [2.45, 2.75) is 45.2 Å². The molecule has 1 aliphatic heterocycles. The predicted molar refractivity (Wildman–Crippen MR) is 164 cm³/mol. The van der Waals surface area contributed by atoms with Crippen LogP contribution in [0.25, 0.3) is 10.8 Å². The molecular formula is C34H34ClN3O3. The Morgan fingerprint density at radius 2 is 1.63 bits per heavy atom. The number of benzene rings is 4. The van der Waals surface area contributed by atoms with Crippen LogP contribution in [0, 0.1) is 0 Å². The van der Waals surface area contributed by atoms with Crippen LogP contribution in [0.15, 0.2) is 91.0 Å². The molecule has 6 nitrogen and oxygen atoms in total. The fraction of sp³-hybridized carbons (Fsp3) is 0.265. The topological polar surface area (TPSA) is 69.7 Å². The summed E-state index contributed by atoms with van der Waals surface area (Å²) >= 11 is 6.12. The van der Waals surface area contributed by atoms with E-state index in [0.717, 1.165) is 34.0 Å². The SMILES string of the molecule is CCCNC(=O)C(Cc1ccccc1)N(Cc1ccc(Cl)cc1)C(=O)CCCN1C(=O)c2cccc3cccc1c23. The van der Waals surface area contributed by atoms with Gasteiger partial charge in [-0.1, -0.05) is 85.3 Å². The summed E-state index contributed by atoms with van der Waals surface area (Å²) in [5.41, 5.74) is 3.45. The first kappa shape index (κ1) is 28.4. The van der Waals surface area contributed by atoms with Crippen LogP contribution in [-0.2, 0) is 22.6 Å². The van der Waals surface area contributed by atoms with Gasteiger partial charge in [0.25, 0.3) is 5.91 Å². The number of anilines is 1. The number of carbonyl (C=O) groups excluding carboxylic acids is 3. The van der Waals surface area contributed by atoms with Crippen molar-refractivity contribution in [1.29, 1.82) is 0 Å². The number of amides is 3. The summed E-state index contributed by atoms with van der Waals surface area (Å²) < 4.78 is 0. The second-order valence-corrected chi connectivity index (χ2v) is 10.8. The average molecular weight is 568 g/mol. The van der Waals surface area contributed by atoms with Crippen molar-refractivity contribution in [2.24, 2.45) is 0 Å². The van der Waals surface area contributed by atoms with Gasteiger partial charge >= 0.3 is 0 Å². The Kier molecular flexibility index (Phi) is 9.00. The van der Waals surface area contributed by atoms with Gasteiger partial charge in [0.1, 0.15) is 6.04 Å². The fourth-order valence-corrected chi connectivity index (χ4v) is 5.57. The van der Waals surface area contributed by atoms with Crippen LogP contribution < -0.4 is 10.2 Å². The van der Waals surface area contributed by atoms with E-state index in [1.807, 2.05) is 85.8 Å². The molecule has 1 N–H and O–H groups in total. The molecule has 0 aromatic heterocycles. The zero-order chi connectivity index (χ0) is 28.8. The van der Waals surface area contributed by atoms with Crippen molar-refractivity contribution < 1.29 is 14.4 Å². The highest BCUT2D eigenvalue weighted by Gasteiger charge is 2.32. The van der Waals surface area contributed by atoms with E-state index in [2.05, 4.69) is 5.32 Å². The monoisotopic (exact) mass is 567 g/mol. The van der Waals surface area contributed by atoms with E-state index in [1.165, 1.54) is 0 Å². The third kappa shape index (κ3) is 6.44. The molecule has 0 saturated heterocycles. The lowest BCUT2D eigenvalue weighted by Gasteiger charge is -2.32. The minimum atomic E-state index is -0.682. The first-order chi connectivity index (χ1) is 20.0. The Hall–Kier alpha value is -4.16. The number of hydrogen-bond acceptors (Lipinski definition) is 3. The molecule has 4 aromatic rings. The van der Waals surface area contributed by atoms with E-state index in [-0.39, 0.29) is 30.7 Å². The van der Waals surface area contributed by atoms with Crippen molar-refractivity contribution in [3.63, 3.8) is 0 Å². The molecule has 0 fully saturated rings. The average Bonchev–Trinajstić information content (AvgIpc) is 3.27. The molecule has 0 radical (unpaired) electrons. The van der Waals surface area contributed by atoms with Crippen LogP contribution in [0.1, 0.15) is 47.7 Å². The van der Waals surface area contributed by atoms with Crippen LogP contribution >= 0.6 is 11.6 Å². The molecule has 7 heteroatoms. The molecule has 1 atom stereocenters. The van der Waals surface area contributed by atoms with E-state index >= 15 is 0 Å². The number of nitrogens with one attached hydrogen (secondary N) is 1. The molecule has 41 heavy (non-hydrogen) atoms. The van der Waals surface area contributed by atoms with Crippen molar-refractivity contribution >= 4 is 45.8 Å². The second-order valence-electron chi connectivity index (χ2n) is 10.4. The number of rotatable bonds is 12. The van der Waals surface area contributed by atoms with E-state index in [9.17, 15) is 14.4 Å². The maximum Gasteiger partial charge on any atom is 0.258 e. The van der Waals surface area contributed by atoms with Gasteiger partial charge in [-0.2, -0.15) is 0 Å². The van der Waals surface area contributed by atoms with Gasteiger partial charge in [0.2, 0.25) is 11.8 Å². The van der Waals surface area contributed by atoms with Crippen LogP contribution in [0.3, 0.4) is 0 Å². The maximum atomic E-state index is 13.9. The smallest absolute Gasteiger partial charge is 0.258 e. The van der Waals surface area contributed by atoms with E-state index < -0.39 is 6.04 Å². The van der Waals surface area contributed by atoms with E-state index in [0.29, 0.717) is 36.5 Å². The van der Waals surface area contributed by atoms with Gasteiger partial charge in [-0.25, -0.2) is 0 Å². The van der Waals surface area contributed by atoms with Gasteiger partial charge in [-0.15, -0.1) is 0 Å². The molecule has 210 valence electrons. The number of carbonyl (C=O) groups is 3. The number of hydrogen-bond donors (Lipinski definition) is 1. The van der Waals surface area contributed by atoms with E-state index in [1.54, 1.807) is 21.9 Å². The highest BCUT2D eigenvalue weighted by Crippen LogP contribution is 2.37. The lowest BCUT2D eigenvalue weighted by atomic mass is 10.0. The summed E-state index contributed by atoms with van der Waals surface area (Å²) in [6.45, 7) is 3.23. The fourth-order valence-electron chi connectivity index (χ4n) is 5.44. The second kappa shape index (κ2) is 13.0. The van der Waals surface area contributed by atoms with Crippen molar-refractivity contribution in [3.8, 4) is 0 Å². The number of halogens is 1. The molecule has 4 aromatic carbocycles. The summed E-state index contributed by atoms with van der Waals surface area (Å²) in [6, 6.07) is 28.1. The summed E-state index contributed by atoms with van der Waals surface area (Å²) in [4.78, 5) is 44.1. The molecule has 1 heterocycles. The Morgan fingerprint density at radius 1 is 0.902 bits per heavy atom. The first-order valence-electron chi connectivity index (χ1n) is 14.2. The Labute approximate surface area is 245 Å². The minimum absolute atomic E-state index is 0.0387. The summed E-state index contributed by atoms with van der Waals surface area (Å²) in [7, 11) is 0. The van der Waals surface area contributed by atoms with Gasteiger partial charge in [0.15, 0.2) is 0 Å². The van der Waals surface area contributed by atoms with Gasteiger partial charge < -0.3 is 15.1 Å². The van der Waals surface area contributed by atoms with Gasteiger partial charge in [-0.3, -0.25) is 14.4 Å². The van der Waals surface area contributed by atoms with Gasteiger partial charge in [-0.05, 0) is 53.6 Å². The van der Waals surface area contributed by atoms with Crippen molar-refractivity contribution in [1.82, 2.24) is 10.2 Å².